The number of nitrogens with zero attached hydrogens (tertiary/aromatic N) is 2. The molecule has 0 spiro atoms. The van der Waals surface area contributed by atoms with Crippen LogP contribution in [0.15, 0.2) is 42.7 Å². The second kappa shape index (κ2) is 7.07. The van der Waals surface area contributed by atoms with Gasteiger partial charge in [0.15, 0.2) is 0 Å². The summed E-state index contributed by atoms with van der Waals surface area (Å²) in [6, 6.07) is 10.5. The van der Waals surface area contributed by atoms with Crippen LogP contribution in [-0.4, -0.2) is 36.1 Å². The van der Waals surface area contributed by atoms with E-state index in [1.54, 1.807) is 7.11 Å². The molecule has 19 heavy (non-hydrogen) atoms. The van der Waals surface area contributed by atoms with Crippen LogP contribution in [0.4, 0.5) is 0 Å². The summed E-state index contributed by atoms with van der Waals surface area (Å²) in [5.74, 6) is 0. The smallest absolute Gasteiger partial charge is 0.0645 e. The second-order valence-electron chi connectivity index (χ2n) is 4.69. The van der Waals surface area contributed by atoms with E-state index < -0.39 is 0 Å². The Hall–Kier alpha value is -1.65. The predicted molar refractivity (Wildman–Crippen MR) is 76.6 cm³/mol. The molecule has 0 radical (unpaired) electrons. The molecule has 2 aromatic rings. The van der Waals surface area contributed by atoms with Crippen molar-refractivity contribution in [2.24, 2.45) is 0 Å². The zero-order valence-electron chi connectivity index (χ0n) is 11.5. The monoisotopic (exact) mass is 259 g/mol. The molecule has 1 aromatic carbocycles. The Balaban J connectivity index is 1.85. The summed E-state index contributed by atoms with van der Waals surface area (Å²) in [5, 5.41) is 7.80. The van der Waals surface area contributed by atoms with E-state index in [1.807, 2.05) is 29.1 Å². The molecular weight excluding hydrogens is 238 g/mol. The van der Waals surface area contributed by atoms with Crippen molar-refractivity contribution < 1.29 is 4.74 Å². The van der Waals surface area contributed by atoms with Gasteiger partial charge in [0.05, 0.1) is 18.5 Å². The van der Waals surface area contributed by atoms with Crippen molar-refractivity contribution >= 4 is 0 Å². The first kappa shape index (κ1) is 13.8. The summed E-state index contributed by atoms with van der Waals surface area (Å²) in [6.45, 7) is 3.80. The summed E-state index contributed by atoms with van der Waals surface area (Å²) >= 11 is 0. The zero-order chi connectivity index (χ0) is 13.5. The molecule has 4 heteroatoms. The molecule has 0 aliphatic carbocycles. The Morgan fingerprint density at radius 2 is 2.11 bits per heavy atom. The first-order chi connectivity index (χ1) is 9.29. The van der Waals surface area contributed by atoms with E-state index in [9.17, 15) is 0 Å². The Morgan fingerprint density at radius 1 is 1.32 bits per heavy atom. The molecule has 0 saturated heterocycles. The van der Waals surface area contributed by atoms with Crippen molar-refractivity contribution in [1.82, 2.24) is 15.1 Å². The van der Waals surface area contributed by atoms with Crippen molar-refractivity contribution in [2.45, 2.75) is 19.4 Å². The molecule has 1 N–H and O–H groups in total. The van der Waals surface area contributed by atoms with Crippen LogP contribution in [0, 0.1) is 0 Å². The first-order valence-electron chi connectivity index (χ1n) is 6.61. The second-order valence-corrected chi connectivity index (χ2v) is 4.69. The van der Waals surface area contributed by atoms with Gasteiger partial charge in [-0.2, -0.15) is 5.10 Å². The minimum absolute atomic E-state index is 0.383. The van der Waals surface area contributed by atoms with E-state index in [-0.39, 0.29) is 0 Å². The van der Waals surface area contributed by atoms with Crippen LogP contribution in [0.3, 0.4) is 0 Å². The van der Waals surface area contributed by atoms with Gasteiger partial charge >= 0.3 is 0 Å². The lowest BCUT2D eigenvalue weighted by molar-refractivity contribution is 0.172. The van der Waals surface area contributed by atoms with Crippen LogP contribution in [0.1, 0.15) is 12.5 Å². The van der Waals surface area contributed by atoms with Gasteiger partial charge in [-0.15, -0.1) is 0 Å². The fraction of sp³-hybridized carbons (Fsp3) is 0.400. The summed E-state index contributed by atoms with van der Waals surface area (Å²) in [4.78, 5) is 0. The SMILES string of the molecule is COC[C@H](C)NCCc1cnn(-c2ccccc2)c1. The number of benzene rings is 1. The van der Waals surface area contributed by atoms with Gasteiger partial charge in [0.2, 0.25) is 0 Å². The molecule has 0 amide bonds. The van der Waals surface area contributed by atoms with Crippen LogP contribution in [0.2, 0.25) is 0 Å². The summed E-state index contributed by atoms with van der Waals surface area (Å²) < 4.78 is 7.00. The topological polar surface area (TPSA) is 39.1 Å². The van der Waals surface area contributed by atoms with Crippen LogP contribution < -0.4 is 5.32 Å². The number of ether oxygens (including phenoxy) is 1. The zero-order valence-corrected chi connectivity index (χ0v) is 11.5. The van der Waals surface area contributed by atoms with E-state index >= 15 is 0 Å². The highest BCUT2D eigenvalue weighted by atomic mass is 16.5. The van der Waals surface area contributed by atoms with Crippen LogP contribution in [0.5, 0.6) is 0 Å². The summed E-state index contributed by atoms with van der Waals surface area (Å²) in [5.41, 5.74) is 2.33. The van der Waals surface area contributed by atoms with E-state index in [4.69, 9.17) is 4.74 Å². The molecule has 1 atom stereocenters. The lowest BCUT2D eigenvalue weighted by Gasteiger charge is -2.11. The average molecular weight is 259 g/mol. The third kappa shape index (κ3) is 4.19. The fourth-order valence-corrected chi connectivity index (χ4v) is 1.98. The van der Waals surface area contributed by atoms with Crippen LogP contribution in [-0.2, 0) is 11.2 Å². The van der Waals surface area contributed by atoms with Gasteiger partial charge < -0.3 is 10.1 Å². The number of methoxy groups -OCH3 is 1. The van der Waals surface area contributed by atoms with E-state index in [2.05, 4.69) is 35.7 Å². The van der Waals surface area contributed by atoms with Crippen molar-refractivity contribution in [2.75, 3.05) is 20.3 Å². The Kier molecular flexibility index (Phi) is 5.12. The molecule has 0 saturated carbocycles. The molecule has 0 bridgehead atoms. The van der Waals surface area contributed by atoms with Crippen molar-refractivity contribution in [3.8, 4) is 5.69 Å². The van der Waals surface area contributed by atoms with Crippen LogP contribution >= 0.6 is 0 Å². The molecule has 2 rings (SSSR count). The summed E-state index contributed by atoms with van der Waals surface area (Å²) in [6.07, 6.45) is 4.98. The number of hydrogen-bond donors (Lipinski definition) is 1. The van der Waals surface area contributed by atoms with Crippen molar-refractivity contribution in [3.05, 3.63) is 48.3 Å². The first-order valence-corrected chi connectivity index (χ1v) is 6.61. The number of aromatic nitrogens is 2. The molecule has 102 valence electrons. The van der Waals surface area contributed by atoms with E-state index in [1.165, 1.54) is 5.56 Å². The maximum Gasteiger partial charge on any atom is 0.0645 e. The van der Waals surface area contributed by atoms with Crippen molar-refractivity contribution in [3.63, 3.8) is 0 Å². The van der Waals surface area contributed by atoms with Gasteiger partial charge in [-0.05, 0) is 37.6 Å². The van der Waals surface area contributed by atoms with Crippen molar-refractivity contribution in [1.29, 1.82) is 0 Å². The maximum atomic E-state index is 5.09. The predicted octanol–water partition coefficient (Wildman–Crippen LogP) is 2.04. The number of rotatable bonds is 7. The largest absolute Gasteiger partial charge is 0.383 e. The fourth-order valence-electron chi connectivity index (χ4n) is 1.98. The minimum Gasteiger partial charge on any atom is -0.383 e. The van der Waals surface area contributed by atoms with Crippen LogP contribution in [0.25, 0.3) is 5.69 Å². The lowest BCUT2D eigenvalue weighted by atomic mass is 10.2. The summed E-state index contributed by atoms with van der Waals surface area (Å²) in [7, 11) is 1.72. The number of para-hydroxylation sites is 1. The van der Waals surface area contributed by atoms with Gasteiger partial charge in [0.25, 0.3) is 0 Å². The van der Waals surface area contributed by atoms with Gasteiger partial charge in [-0.1, -0.05) is 18.2 Å². The standard InChI is InChI=1S/C15H21N3O/c1-13(12-19-2)16-9-8-14-10-17-18(11-14)15-6-4-3-5-7-15/h3-7,10-11,13,16H,8-9,12H2,1-2H3/t13-/m0/s1. The molecule has 0 aliphatic heterocycles. The number of hydrogen-bond acceptors (Lipinski definition) is 3. The quantitative estimate of drug-likeness (QED) is 0.827. The van der Waals surface area contributed by atoms with Gasteiger partial charge in [-0.25, -0.2) is 4.68 Å². The molecule has 1 aromatic heterocycles. The Morgan fingerprint density at radius 3 is 2.84 bits per heavy atom. The van der Waals surface area contributed by atoms with Gasteiger partial charge in [-0.3, -0.25) is 0 Å². The molecule has 0 aliphatic rings. The highest BCUT2D eigenvalue weighted by molar-refractivity contribution is 5.30. The maximum absolute atomic E-state index is 5.09. The lowest BCUT2D eigenvalue weighted by Crippen LogP contribution is -2.31. The third-order valence-corrected chi connectivity index (χ3v) is 2.98. The average Bonchev–Trinajstić information content (AvgIpc) is 2.89. The number of nitrogens with one attached hydrogen (secondary N) is 1. The Bertz CT molecular complexity index is 481. The molecule has 1 heterocycles. The minimum atomic E-state index is 0.383. The molecule has 0 fully saturated rings. The van der Waals surface area contributed by atoms with E-state index in [0.29, 0.717) is 6.04 Å². The highest BCUT2D eigenvalue weighted by Crippen LogP contribution is 2.07. The molecule has 4 nitrogen and oxygen atoms in total. The van der Waals surface area contributed by atoms with E-state index in [0.717, 1.165) is 25.3 Å². The van der Waals surface area contributed by atoms with Gasteiger partial charge in [0.1, 0.15) is 0 Å². The normalized spacial score (nSPS) is 12.5. The Labute approximate surface area is 114 Å². The third-order valence-electron chi connectivity index (χ3n) is 2.98. The molecule has 0 unspecified atom stereocenters. The highest BCUT2D eigenvalue weighted by Gasteiger charge is 2.02. The van der Waals surface area contributed by atoms with Gasteiger partial charge in [0, 0.05) is 19.3 Å². The molecular formula is C15H21N3O.